The van der Waals surface area contributed by atoms with Gasteiger partial charge in [0.05, 0.1) is 16.7 Å². The predicted molar refractivity (Wildman–Crippen MR) is 107 cm³/mol. The van der Waals surface area contributed by atoms with Crippen LogP contribution < -0.4 is 16.6 Å². The van der Waals surface area contributed by atoms with Gasteiger partial charge in [-0.3, -0.25) is 19.0 Å². The number of thiophene rings is 2. The first-order valence-electron chi connectivity index (χ1n) is 7.56. The molecule has 0 unspecified atom stereocenters. The zero-order valence-electron chi connectivity index (χ0n) is 14.3. The Kier molecular flexibility index (Phi) is 5.17. The van der Waals surface area contributed by atoms with Crippen molar-refractivity contribution in [1.29, 1.82) is 0 Å². The lowest BCUT2D eigenvalue weighted by molar-refractivity contribution is -0.113. The number of carbonyl (C=O) groups excluding carboxylic acids is 2. The van der Waals surface area contributed by atoms with E-state index < -0.39 is 5.91 Å². The molecule has 3 aromatic heterocycles. The molecule has 0 aliphatic carbocycles. The van der Waals surface area contributed by atoms with E-state index in [1.807, 2.05) is 13.8 Å². The first-order chi connectivity index (χ1) is 12.3. The molecule has 2 amide bonds. The fraction of sp³-hybridized carbons (Fsp3) is 0.250. The van der Waals surface area contributed by atoms with E-state index in [1.165, 1.54) is 39.0 Å². The summed E-state index contributed by atoms with van der Waals surface area (Å²) in [5, 5.41) is 5.88. The van der Waals surface area contributed by atoms with Crippen LogP contribution in [0.3, 0.4) is 0 Å². The number of aryl methyl sites for hydroxylation is 2. The number of anilines is 1. The van der Waals surface area contributed by atoms with Gasteiger partial charge in [-0.25, -0.2) is 4.98 Å². The van der Waals surface area contributed by atoms with Gasteiger partial charge in [-0.1, -0.05) is 11.8 Å². The molecule has 3 rings (SSSR count). The molecular formula is C16H16N4O3S3. The van der Waals surface area contributed by atoms with Crippen molar-refractivity contribution in [3.8, 4) is 0 Å². The number of nitrogens with one attached hydrogen (secondary N) is 1. The van der Waals surface area contributed by atoms with Crippen LogP contribution in [0, 0.1) is 13.8 Å². The van der Waals surface area contributed by atoms with Gasteiger partial charge in [0.1, 0.15) is 9.83 Å². The number of hydrogen-bond acceptors (Lipinski definition) is 7. The van der Waals surface area contributed by atoms with E-state index in [0.717, 1.165) is 10.4 Å². The Labute approximate surface area is 161 Å². The third-order valence-corrected chi connectivity index (χ3v) is 6.85. The van der Waals surface area contributed by atoms with Crippen LogP contribution in [0.5, 0.6) is 0 Å². The maximum atomic E-state index is 12.6. The molecule has 3 aromatic rings. The number of hydrogen-bond donors (Lipinski definition) is 2. The van der Waals surface area contributed by atoms with E-state index in [-0.39, 0.29) is 22.8 Å². The van der Waals surface area contributed by atoms with Crippen LogP contribution in [0.25, 0.3) is 10.2 Å². The smallest absolute Gasteiger partial charge is 0.262 e. The molecule has 3 N–H and O–H groups in total. The zero-order chi connectivity index (χ0) is 19.0. The Hall–Kier alpha value is -2.17. The van der Waals surface area contributed by atoms with E-state index in [9.17, 15) is 14.4 Å². The minimum Gasteiger partial charge on any atom is -0.366 e. The van der Waals surface area contributed by atoms with Gasteiger partial charge in [-0.05, 0) is 30.9 Å². The topological polar surface area (TPSA) is 107 Å². The molecular weight excluding hydrogens is 392 g/mol. The Morgan fingerprint density at radius 2 is 2.12 bits per heavy atom. The number of fused-ring (bicyclic) bond motifs is 1. The Balaban J connectivity index is 1.78. The molecule has 0 radical (unpaired) electrons. The highest BCUT2D eigenvalue weighted by Crippen LogP contribution is 2.28. The number of carbonyl (C=O) groups is 2. The van der Waals surface area contributed by atoms with Gasteiger partial charge >= 0.3 is 0 Å². The average Bonchev–Trinajstić information content (AvgIpc) is 3.15. The molecule has 3 heterocycles. The summed E-state index contributed by atoms with van der Waals surface area (Å²) >= 11 is 3.87. The second kappa shape index (κ2) is 7.22. The lowest BCUT2D eigenvalue weighted by Crippen LogP contribution is -2.21. The van der Waals surface area contributed by atoms with E-state index in [4.69, 9.17) is 5.73 Å². The van der Waals surface area contributed by atoms with Crippen LogP contribution in [0.4, 0.5) is 5.00 Å². The molecule has 0 aromatic carbocycles. The first-order valence-corrected chi connectivity index (χ1v) is 10.2. The van der Waals surface area contributed by atoms with Crippen molar-refractivity contribution in [2.24, 2.45) is 12.8 Å². The van der Waals surface area contributed by atoms with Crippen LogP contribution in [0.1, 0.15) is 20.8 Å². The van der Waals surface area contributed by atoms with Crippen molar-refractivity contribution in [3.63, 3.8) is 0 Å². The highest BCUT2D eigenvalue weighted by atomic mass is 32.2. The molecule has 26 heavy (non-hydrogen) atoms. The molecule has 136 valence electrons. The van der Waals surface area contributed by atoms with Crippen molar-refractivity contribution in [2.75, 3.05) is 11.1 Å². The van der Waals surface area contributed by atoms with Crippen LogP contribution >= 0.6 is 34.4 Å². The van der Waals surface area contributed by atoms with Crippen molar-refractivity contribution in [3.05, 3.63) is 37.8 Å². The number of nitrogens with zero attached hydrogens (tertiary/aromatic N) is 2. The summed E-state index contributed by atoms with van der Waals surface area (Å²) in [5.74, 6) is -0.828. The quantitative estimate of drug-likeness (QED) is 0.498. The number of nitrogens with two attached hydrogens (primary N) is 1. The highest BCUT2D eigenvalue weighted by molar-refractivity contribution is 7.99. The summed E-state index contributed by atoms with van der Waals surface area (Å²) in [7, 11) is 1.64. The second-order valence-corrected chi connectivity index (χ2v) is 8.65. The molecule has 0 saturated heterocycles. The molecule has 0 spiro atoms. The minimum absolute atomic E-state index is 0.0607. The Bertz CT molecular complexity index is 1080. The minimum atomic E-state index is -0.591. The molecule has 0 bridgehead atoms. The number of amides is 2. The van der Waals surface area contributed by atoms with E-state index in [1.54, 1.807) is 18.5 Å². The normalized spacial score (nSPS) is 11.0. The molecule has 7 nitrogen and oxygen atoms in total. The van der Waals surface area contributed by atoms with Crippen LogP contribution in [-0.4, -0.2) is 27.1 Å². The number of primary amides is 1. The molecule has 10 heteroatoms. The highest BCUT2D eigenvalue weighted by Gasteiger charge is 2.17. The summed E-state index contributed by atoms with van der Waals surface area (Å²) < 4.78 is 1.46. The van der Waals surface area contributed by atoms with Crippen molar-refractivity contribution in [1.82, 2.24) is 9.55 Å². The standard InChI is InChI=1S/C16H16N4O3S3/c1-7-8(2)26-14-11(7)15(23)20(3)16(19-14)25-6-10(21)18-13-9(12(17)22)4-5-24-13/h4-5H,6H2,1-3H3,(H2,17,22)(H,18,21). The van der Waals surface area contributed by atoms with E-state index >= 15 is 0 Å². The predicted octanol–water partition coefficient (Wildman–Crippen LogP) is 2.50. The number of thioether (sulfide) groups is 1. The molecule has 0 saturated carbocycles. The fourth-order valence-electron chi connectivity index (χ4n) is 2.38. The van der Waals surface area contributed by atoms with Crippen LogP contribution in [0.2, 0.25) is 0 Å². The SMILES string of the molecule is Cc1sc2nc(SCC(=O)Nc3sccc3C(N)=O)n(C)c(=O)c2c1C. The summed E-state index contributed by atoms with van der Waals surface area (Å²) in [6, 6.07) is 1.57. The Morgan fingerprint density at radius 1 is 1.38 bits per heavy atom. The largest absolute Gasteiger partial charge is 0.366 e. The molecule has 0 aliphatic heterocycles. The van der Waals surface area contributed by atoms with Gasteiger partial charge < -0.3 is 11.1 Å². The summed E-state index contributed by atoms with van der Waals surface area (Å²) in [6.45, 7) is 3.87. The van der Waals surface area contributed by atoms with Gasteiger partial charge in [0.15, 0.2) is 5.16 Å². The Morgan fingerprint density at radius 3 is 2.81 bits per heavy atom. The molecule has 0 atom stereocenters. The summed E-state index contributed by atoms with van der Waals surface area (Å²) in [4.78, 5) is 42.3. The van der Waals surface area contributed by atoms with Gasteiger partial charge in [0, 0.05) is 11.9 Å². The van der Waals surface area contributed by atoms with E-state index in [0.29, 0.717) is 20.4 Å². The number of aromatic nitrogens is 2. The van der Waals surface area contributed by atoms with Crippen LogP contribution in [-0.2, 0) is 11.8 Å². The summed E-state index contributed by atoms with van der Waals surface area (Å²) in [6.07, 6.45) is 0. The second-order valence-electron chi connectivity index (χ2n) is 5.59. The van der Waals surface area contributed by atoms with Crippen LogP contribution in [0.15, 0.2) is 21.4 Å². The average molecular weight is 409 g/mol. The zero-order valence-corrected chi connectivity index (χ0v) is 16.7. The maximum Gasteiger partial charge on any atom is 0.262 e. The third-order valence-electron chi connectivity index (χ3n) is 3.89. The van der Waals surface area contributed by atoms with E-state index in [2.05, 4.69) is 10.3 Å². The number of rotatable bonds is 5. The lowest BCUT2D eigenvalue weighted by Gasteiger charge is -2.08. The molecule has 0 aliphatic rings. The van der Waals surface area contributed by atoms with Gasteiger partial charge in [0.2, 0.25) is 5.91 Å². The molecule has 0 fully saturated rings. The van der Waals surface area contributed by atoms with Crippen molar-refractivity contribution in [2.45, 2.75) is 19.0 Å². The monoisotopic (exact) mass is 408 g/mol. The first kappa shape index (κ1) is 18.6. The van der Waals surface area contributed by atoms with Gasteiger partial charge in [-0.15, -0.1) is 22.7 Å². The van der Waals surface area contributed by atoms with Crippen molar-refractivity contribution >= 4 is 61.5 Å². The van der Waals surface area contributed by atoms with Crippen molar-refractivity contribution < 1.29 is 9.59 Å². The van der Waals surface area contributed by atoms with Gasteiger partial charge in [-0.2, -0.15) is 0 Å². The fourth-order valence-corrected chi connectivity index (χ4v) is 5.03. The van der Waals surface area contributed by atoms with Gasteiger partial charge in [0.25, 0.3) is 11.5 Å². The maximum absolute atomic E-state index is 12.6. The third kappa shape index (κ3) is 3.39. The summed E-state index contributed by atoms with van der Waals surface area (Å²) in [5.41, 5.74) is 6.38. The lowest BCUT2D eigenvalue weighted by atomic mass is 10.2.